The molecule has 0 aliphatic carbocycles. The zero-order valence-electron chi connectivity index (χ0n) is 20.3. The summed E-state index contributed by atoms with van der Waals surface area (Å²) in [5.74, 6) is -3.82. The van der Waals surface area contributed by atoms with Gasteiger partial charge in [0, 0.05) is 6.07 Å². The summed E-state index contributed by atoms with van der Waals surface area (Å²) < 4.78 is 96.4. The molecule has 0 unspecified atom stereocenters. The lowest BCUT2D eigenvalue weighted by molar-refractivity contribution is -0.154. The van der Waals surface area contributed by atoms with Crippen molar-refractivity contribution in [1.29, 1.82) is 0 Å². The van der Waals surface area contributed by atoms with E-state index in [1.165, 1.54) is 24.3 Å². The minimum absolute atomic E-state index is 0.0164. The molecule has 0 atom stereocenters. The van der Waals surface area contributed by atoms with E-state index in [2.05, 4.69) is 5.32 Å². The molecule has 1 amide bonds. The minimum atomic E-state index is -5.09. The monoisotopic (exact) mass is 551 g/mol. The van der Waals surface area contributed by atoms with Gasteiger partial charge >= 0.3 is 12.4 Å². The third-order valence-corrected chi connectivity index (χ3v) is 5.37. The Hall–Kier alpha value is -4.48. The molecule has 204 valence electrons. The number of nitrogens with one attached hydrogen (secondary N) is 1. The number of anilines is 1. The molecule has 1 aromatic heterocycles. The predicted molar refractivity (Wildman–Crippen MR) is 129 cm³/mol. The van der Waals surface area contributed by atoms with Crippen LogP contribution in [-0.4, -0.2) is 12.5 Å². The number of hydrogen-bond acceptors (Lipinski definition) is 5. The van der Waals surface area contributed by atoms with E-state index >= 15 is 0 Å². The van der Waals surface area contributed by atoms with Gasteiger partial charge < -0.3 is 19.2 Å². The Balaban J connectivity index is 1.60. The molecule has 6 nitrogen and oxygen atoms in total. The normalized spacial score (nSPS) is 11.9. The summed E-state index contributed by atoms with van der Waals surface area (Å²) in [7, 11) is 0. The van der Waals surface area contributed by atoms with Crippen molar-refractivity contribution in [3.05, 3.63) is 93.3 Å². The fourth-order valence-electron chi connectivity index (χ4n) is 3.81. The molecule has 0 bridgehead atoms. The molecule has 0 fully saturated rings. The predicted octanol–water partition coefficient (Wildman–Crippen LogP) is 7.26. The van der Waals surface area contributed by atoms with Gasteiger partial charge in [0.25, 0.3) is 11.7 Å². The highest BCUT2D eigenvalue weighted by molar-refractivity contribution is 5.92. The minimum Gasteiger partial charge on any atom is -0.484 e. The summed E-state index contributed by atoms with van der Waals surface area (Å²) in [6.07, 6.45) is -9.80. The number of para-hydroxylation sites is 1. The average molecular weight is 551 g/mol. The number of alkyl halides is 6. The van der Waals surface area contributed by atoms with Crippen molar-refractivity contribution in [3.63, 3.8) is 0 Å². The number of aryl methyl sites for hydroxylation is 2. The fraction of sp³-hybridized carbons (Fsp3) is 0.185. The van der Waals surface area contributed by atoms with Crippen molar-refractivity contribution >= 4 is 22.6 Å². The molecule has 0 aliphatic rings. The summed E-state index contributed by atoms with van der Waals surface area (Å²) in [5, 5.41) is 1.83. The van der Waals surface area contributed by atoms with Gasteiger partial charge in [-0.1, -0.05) is 18.2 Å². The first kappa shape index (κ1) is 27.6. The van der Waals surface area contributed by atoms with Gasteiger partial charge in [-0.05, 0) is 61.4 Å². The van der Waals surface area contributed by atoms with Crippen LogP contribution >= 0.6 is 0 Å². The molecular formula is C27H19F6NO5. The number of benzene rings is 3. The molecule has 0 radical (unpaired) electrons. The van der Waals surface area contributed by atoms with Gasteiger partial charge in [-0.3, -0.25) is 9.59 Å². The molecule has 12 heteroatoms. The average Bonchev–Trinajstić information content (AvgIpc) is 2.82. The molecule has 39 heavy (non-hydrogen) atoms. The molecule has 1 N–H and O–H groups in total. The lowest BCUT2D eigenvalue weighted by Gasteiger charge is -2.15. The molecule has 3 aromatic carbocycles. The summed E-state index contributed by atoms with van der Waals surface area (Å²) in [6.45, 7) is 2.65. The third-order valence-electron chi connectivity index (χ3n) is 5.37. The smallest absolute Gasteiger partial charge is 0.453 e. The molecule has 1 heterocycles. The molecule has 0 aliphatic heterocycles. The van der Waals surface area contributed by atoms with Crippen LogP contribution in [0.4, 0.5) is 32.0 Å². The highest BCUT2D eigenvalue weighted by atomic mass is 19.4. The van der Waals surface area contributed by atoms with Gasteiger partial charge in [0.2, 0.25) is 11.2 Å². The van der Waals surface area contributed by atoms with Gasteiger partial charge in [0.15, 0.2) is 6.61 Å². The highest BCUT2D eigenvalue weighted by Gasteiger charge is 2.40. The number of carbonyl (C=O) groups excluding carboxylic acids is 1. The van der Waals surface area contributed by atoms with Crippen LogP contribution in [0.5, 0.6) is 17.2 Å². The van der Waals surface area contributed by atoms with Crippen molar-refractivity contribution in [1.82, 2.24) is 0 Å². The van der Waals surface area contributed by atoms with Crippen molar-refractivity contribution in [2.45, 2.75) is 26.2 Å². The second kappa shape index (κ2) is 10.4. The van der Waals surface area contributed by atoms with Crippen LogP contribution in [0.25, 0.3) is 11.0 Å². The quantitative estimate of drug-likeness (QED) is 0.255. The van der Waals surface area contributed by atoms with Crippen molar-refractivity contribution in [2.24, 2.45) is 0 Å². The highest BCUT2D eigenvalue weighted by Crippen LogP contribution is 2.39. The van der Waals surface area contributed by atoms with Gasteiger partial charge in [-0.25, -0.2) is 0 Å². The van der Waals surface area contributed by atoms with Crippen LogP contribution in [0.15, 0.2) is 69.9 Å². The van der Waals surface area contributed by atoms with E-state index in [1.807, 2.05) is 0 Å². The summed E-state index contributed by atoms with van der Waals surface area (Å²) >= 11 is 0. The van der Waals surface area contributed by atoms with Crippen LogP contribution in [0.2, 0.25) is 0 Å². The first-order valence-corrected chi connectivity index (χ1v) is 11.3. The van der Waals surface area contributed by atoms with Crippen LogP contribution in [0.1, 0.15) is 22.5 Å². The van der Waals surface area contributed by atoms with Gasteiger partial charge in [-0.15, -0.1) is 0 Å². The zero-order chi connectivity index (χ0) is 28.5. The Labute approximate surface area is 216 Å². The molecule has 0 spiro atoms. The van der Waals surface area contributed by atoms with Gasteiger partial charge in [0.05, 0.1) is 16.6 Å². The van der Waals surface area contributed by atoms with Crippen LogP contribution in [-0.2, 0) is 17.1 Å². The van der Waals surface area contributed by atoms with Crippen molar-refractivity contribution in [3.8, 4) is 17.2 Å². The second-order valence-corrected chi connectivity index (χ2v) is 8.55. The number of hydrogen-bond donors (Lipinski definition) is 1. The van der Waals surface area contributed by atoms with Crippen LogP contribution in [0, 0.1) is 13.8 Å². The third kappa shape index (κ3) is 6.33. The maximum atomic E-state index is 13.8. The van der Waals surface area contributed by atoms with E-state index in [9.17, 15) is 35.9 Å². The maximum absolute atomic E-state index is 13.8. The van der Waals surface area contributed by atoms with E-state index in [4.69, 9.17) is 13.9 Å². The number of ether oxygens (including phenoxy) is 2. The van der Waals surface area contributed by atoms with Crippen molar-refractivity contribution in [2.75, 3.05) is 11.9 Å². The SMILES string of the molecule is Cc1cc(C)cc(Oc2c(C(F)(F)F)oc3cc(OCC(=O)Nc4ccccc4C(F)(F)F)ccc3c2=O)c1. The standard InChI is InChI=1S/C27H19F6NO5/c1-14-9-15(2)11-17(10-14)38-24-23(36)18-8-7-16(12-21(18)39-25(24)27(31,32)33)37-13-22(35)34-20-6-4-3-5-19(20)26(28,29)30/h3-12H,13H2,1-2H3,(H,34,35). The maximum Gasteiger partial charge on any atom is 0.453 e. The van der Waals surface area contributed by atoms with E-state index in [0.29, 0.717) is 11.1 Å². The largest absolute Gasteiger partial charge is 0.484 e. The van der Waals surface area contributed by atoms with Crippen molar-refractivity contribution < 1.29 is 45.0 Å². The zero-order valence-corrected chi connectivity index (χ0v) is 20.3. The molecule has 4 rings (SSSR count). The number of fused-ring (bicyclic) bond motifs is 1. The number of amides is 1. The van der Waals surface area contributed by atoms with E-state index in [0.717, 1.165) is 30.3 Å². The lowest BCUT2D eigenvalue weighted by atomic mass is 10.1. The molecule has 0 saturated heterocycles. The van der Waals surface area contributed by atoms with Crippen LogP contribution in [0.3, 0.4) is 0 Å². The first-order chi connectivity index (χ1) is 18.2. The second-order valence-electron chi connectivity index (χ2n) is 8.55. The molecular weight excluding hydrogens is 532 g/mol. The van der Waals surface area contributed by atoms with E-state index in [-0.39, 0.29) is 16.9 Å². The molecule has 4 aromatic rings. The number of carbonyl (C=O) groups is 1. The molecule has 0 saturated carbocycles. The van der Waals surface area contributed by atoms with Gasteiger partial charge in [0.1, 0.15) is 17.1 Å². The van der Waals surface area contributed by atoms with Crippen LogP contribution < -0.4 is 20.2 Å². The summed E-state index contributed by atoms with van der Waals surface area (Å²) in [5.41, 5.74) is -1.73. The topological polar surface area (TPSA) is 77.8 Å². The Morgan fingerprint density at radius 3 is 2.18 bits per heavy atom. The summed E-state index contributed by atoms with van der Waals surface area (Å²) in [4.78, 5) is 25.2. The Bertz CT molecular complexity index is 1590. The number of halogens is 6. The lowest BCUT2D eigenvalue weighted by Crippen LogP contribution is -2.22. The summed E-state index contributed by atoms with van der Waals surface area (Å²) in [6, 6.07) is 12.3. The number of rotatable bonds is 6. The van der Waals surface area contributed by atoms with Gasteiger partial charge in [-0.2, -0.15) is 26.3 Å². The first-order valence-electron chi connectivity index (χ1n) is 11.3. The van der Waals surface area contributed by atoms with E-state index in [1.54, 1.807) is 19.9 Å². The van der Waals surface area contributed by atoms with E-state index < -0.39 is 58.6 Å². The Morgan fingerprint density at radius 1 is 0.872 bits per heavy atom. The Kier molecular flexibility index (Phi) is 7.31. The Morgan fingerprint density at radius 2 is 1.54 bits per heavy atom. The fourth-order valence-corrected chi connectivity index (χ4v) is 3.81.